The maximum Gasteiger partial charge on any atom is 0.130 e. The van der Waals surface area contributed by atoms with Crippen LogP contribution in [0.3, 0.4) is 0 Å². The van der Waals surface area contributed by atoms with Gasteiger partial charge in [0, 0.05) is 6.42 Å². The topological polar surface area (TPSA) is 17.1 Å². The molecule has 0 aromatic carbocycles. The lowest BCUT2D eigenvalue weighted by molar-refractivity contribution is -0.117. The molecule has 0 heterocycles. The van der Waals surface area contributed by atoms with Crippen molar-refractivity contribution in [2.45, 2.75) is 53.4 Å². The first kappa shape index (κ1) is 11.7. The molecule has 0 N–H and O–H groups in total. The predicted molar refractivity (Wildman–Crippen MR) is 53.2 cm³/mol. The van der Waals surface area contributed by atoms with Crippen LogP contribution in [0.5, 0.6) is 0 Å². The molecule has 1 atom stereocenters. The highest BCUT2D eigenvalue weighted by Crippen LogP contribution is 2.14. The van der Waals surface area contributed by atoms with E-state index in [0.29, 0.717) is 11.7 Å². The van der Waals surface area contributed by atoms with Gasteiger partial charge < -0.3 is 4.79 Å². The molecule has 0 amide bonds. The summed E-state index contributed by atoms with van der Waals surface area (Å²) < 4.78 is 0. The van der Waals surface area contributed by atoms with Gasteiger partial charge in [0.2, 0.25) is 0 Å². The fourth-order valence-corrected chi connectivity index (χ4v) is 1.47. The summed E-state index contributed by atoms with van der Waals surface area (Å²) in [7, 11) is 0. The van der Waals surface area contributed by atoms with Crippen molar-refractivity contribution in [3.05, 3.63) is 0 Å². The van der Waals surface area contributed by atoms with E-state index in [-0.39, 0.29) is 0 Å². The smallest absolute Gasteiger partial charge is 0.130 e. The monoisotopic (exact) mass is 170 g/mol. The third-order valence-electron chi connectivity index (χ3n) is 2.11. The van der Waals surface area contributed by atoms with E-state index < -0.39 is 0 Å². The Hall–Kier alpha value is -0.330. The standard InChI is InChI=1S/C11H22O/c1-9(2)6-5-7-10(3)8-11(4)12/h9-10H,5-8H2,1-4H3/t10-/m1/s1. The van der Waals surface area contributed by atoms with Crippen molar-refractivity contribution < 1.29 is 4.79 Å². The second kappa shape index (κ2) is 6.22. The van der Waals surface area contributed by atoms with E-state index in [9.17, 15) is 4.79 Å². The molecule has 0 aromatic heterocycles. The molecule has 0 aliphatic heterocycles. The Morgan fingerprint density at radius 1 is 1.17 bits per heavy atom. The fourth-order valence-electron chi connectivity index (χ4n) is 1.47. The second-order valence-electron chi connectivity index (χ2n) is 4.34. The lowest BCUT2D eigenvalue weighted by Crippen LogP contribution is -2.02. The van der Waals surface area contributed by atoms with E-state index in [1.807, 2.05) is 0 Å². The Labute approximate surface area is 76.6 Å². The Balaban J connectivity index is 3.31. The minimum Gasteiger partial charge on any atom is -0.300 e. The van der Waals surface area contributed by atoms with Gasteiger partial charge in [0.15, 0.2) is 0 Å². The van der Waals surface area contributed by atoms with Gasteiger partial charge in [-0.3, -0.25) is 0 Å². The first-order chi connectivity index (χ1) is 5.52. The van der Waals surface area contributed by atoms with Crippen LogP contribution in [-0.4, -0.2) is 5.78 Å². The van der Waals surface area contributed by atoms with E-state index in [4.69, 9.17) is 0 Å². The molecule has 0 bridgehead atoms. The third kappa shape index (κ3) is 7.77. The summed E-state index contributed by atoms with van der Waals surface area (Å²) in [6, 6.07) is 0. The fraction of sp³-hybridized carbons (Fsp3) is 0.909. The molecule has 1 nitrogen and oxygen atoms in total. The minimum atomic E-state index is 0.326. The van der Waals surface area contributed by atoms with Crippen LogP contribution in [0.2, 0.25) is 0 Å². The highest BCUT2D eigenvalue weighted by atomic mass is 16.1. The van der Waals surface area contributed by atoms with Gasteiger partial charge in [-0.25, -0.2) is 0 Å². The molecule has 0 aromatic rings. The Bertz CT molecular complexity index is 127. The summed E-state index contributed by atoms with van der Waals surface area (Å²) in [4.78, 5) is 10.8. The van der Waals surface area contributed by atoms with Crippen LogP contribution in [-0.2, 0) is 4.79 Å². The van der Waals surface area contributed by atoms with Gasteiger partial charge in [-0.15, -0.1) is 0 Å². The summed E-state index contributed by atoms with van der Waals surface area (Å²) in [6.07, 6.45) is 4.53. The average molecular weight is 170 g/mol. The number of Topliss-reactive ketones (excluding diaryl/α,β-unsaturated/α-hetero) is 1. The Morgan fingerprint density at radius 2 is 1.75 bits per heavy atom. The van der Waals surface area contributed by atoms with Gasteiger partial charge in [0.25, 0.3) is 0 Å². The highest BCUT2D eigenvalue weighted by molar-refractivity contribution is 5.75. The van der Waals surface area contributed by atoms with Gasteiger partial charge in [0.1, 0.15) is 5.78 Å². The molecule has 72 valence electrons. The molecule has 1 heteroatoms. The van der Waals surface area contributed by atoms with Crippen LogP contribution in [0.25, 0.3) is 0 Å². The number of ketones is 1. The quantitative estimate of drug-likeness (QED) is 0.597. The lowest BCUT2D eigenvalue weighted by atomic mass is 9.96. The Morgan fingerprint density at radius 3 is 2.17 bits per heavy atom. The van der Waals surface area contributed by atoms with E-state index in [0.717, 1.165) is 12.3 Å². The normalized spacial score (nSPS) is 13.4. The predicted octanol–water partition coefficient (Wildman–Crippen LogP) is 3.43. The van der Waals surface area contributed by atoms with E-state index in [1.165, 1.54) is 19.3 Å². The van der Waals surface area contributed by atoms with Crippen LogP contribution in [0.4, 0.5) is 0 Å². The van der Waals surface area contributed by atoms with E-state index >= 15 is 0 Å². The van der Waals surface area contributed by atoms with Crippen LogP contribution in [0.15, 0.2) is 0 Å². The highest BCUT2D eigenvalue weighted by Gasteiger charge is 2.05. The molecule has 0 aliphatic rings. The van der Waals surface area contributed by atoms with Crippen molar-refractivity contribution in [2.24, 2.45) is 11.8 Å². The van der Waals surface area contributed by atoms with Crippen molar-refractivity contribution in [2.75, 3.05) is 0 Å². The molecule has 0 fully saturated rings. The molecule has 0 unspecified atom stereocenters. The zero-order valence-electron chi connectivity index (χ0n) is 8.89. The largest absolute Gasteiger partial charge is 0.300 e. The zero-order valence-corrected chi connectivity index (χ0v) is 8.89. The first-order valence-corrected chi connectivity index (χ1v) is 5.01. The summed E-state index contributed by atoms with van der Waals surface area (Å²) in [5.74, 6) is 1.71. The first-order valence-electron chi connectivity index (χ1n) is 5.01. The number of carbonyl (C=O) groups excluding carboxylic acids is 1. The van der Waals surface area contributed by atoms with Gasteiger partial charge in [-0.1, -0.05) is 40.0 Å². The van der Waals surface area contributed by atoms with Crippen molar-refractivity contribution in [1.29, 1.82) is 0 Å². The van der Waals surface area contributed by atoms with Crippen LogP contribution in [0, 0.1) is 11.8 Å². The van der Waals surface area contributed by atoms with Gasteiger partial charge in [-0.2, -0.15) is 0 Å². The lowest BCUT2D eigenvalue weighted by Gasteiger charge is -2.09. The molecule has 12 heavy (non-hydrogen) atoms. The van der Waals surface area contributed by atoms with Gasteiger partial charge >= 0.3 is 0 Å². The number of hydrogen-bond donors (Lipinski definition) is 0. The zero-order chi connectivity index (χ0) is 9.56. The number of rotatable bonds is 6. The molecule has 0 radical (unpaired) electrons. The van der Waals surface area contributed by atoms with E-state index in [1.54, 1.807) is 6.92 Å². The van der Waals surface area contributed by atoms with Gasteiger partial charge in [0.05, 0.1) is 0 Å². The SMILES string of the molecule is CC(=O)C[C@H](C)CCCC(C)C. The molecule has 0 saturated heterocycles. The van der Waals surface area contributed by atoms with E-state index in [2.05, 4.69) is 20.8 Å². The van der Waals surface area contributed by atoms with Gasteiger partial charge in [-0.05, 0) is 18.8 Å². The molecular formula is C11H22O. The third-order valence-corrected chi connectivity index (χ3v) is 2.11. The number of hydrogen-bond acceptors (Lipinski definition) is 1. The summed E-state index contributed by atoms with van der Waals surface area (Å²) in [5, 5.41) is 0. The molecule has 0 rings (SSSR count). The van der Waals surface area contributed by atoms with Crippen LogP contribution in [0.1, 0.15) is 53.4 Å². The van der Waals surface area contributed by atoms with Crippen molar-refractivity contribution in [3.63, 3.8) is 0 Å². The summed E-state index contributed by atoms with van der Waals surface area (Å²) in [5.41, 5.74) is 0. The molecule has 0 aliphatic carbocycles. The van der Waals surface area contributed by atoms with Crippen molar-refractivity contribution >= 4 is 5.78 Å². The molecule has 0 saturated carbocycles. The second-order valence-corrected chi connectivity index (χ2v) is 4.34. The van der Waals surface area contributed by atoms with Crippen molar-refractivity contribution in [1.82, 2.24) is 0 Å². The summed E-state index contributed by atoms with van der Waals surface area (Å²) in [6.45, 7) is 8.34. The van der Waals surface area contributed by atoms with Crippen LogP contribution < -0.4 is 0 Å². The van der Waals surface area contributed by atoms with Crippen molar-refractivity contribution in [3.8, 4) is 0 Å². The Kier molecular flexibility index (Phi) is 6.04. The average Bonchev–Trinajstić information content (AvgIpc) is 1.84. The number of carbonyl (C=O) groups is 1. The molecular weight excluding hydrogens is 148 g/mol. The molecule has 0 spiro atoms. The van der Waals surface area contributed by atoms with Crippen LogP contribution >= 0.6 is 0 Å². The summed E-state index contributed by atoms with van der Waals surface area (Å²) >= 11 is 0. The maximum absolute atomic E-state index is 10.8. The minimum absolute atomic E-state index is 0.326. The maximum atomic E-state index is 10.8.